The zero-order valence-corrected chi connectivity index (χ0v) is 16.3. The minimum absolute atomic E-state index is 0.121. The Kier molecular flexibility index (Phi) is 5.74. The summed E-state index contributed by atoms with van der Waals surface area (Å²) in [5.41, 5.74) is 2.67. The fourth-order valence-corrected chi connectivity index (χ4v) is 4.22. The van der Waals surface area contributed by atoms with E-state index in [-0.39, 0.29) is 18.2 Å². The Labute approximate surface area is 163 Å². The van der Waals surface area contributed by atoms with Crippen molar-refractivity contribution >= 4 is 51.5 Å². The molecule has 2 aromatic carbocycles. The van der Waals surface area contributed by atoms with Crippen molar-refractivity contribution in [3.8, 4) is 0 Å². The summed E-state index contributed by atoms with van der Waals surface area (Å²) in [4.78, 5) is 26.6. The molecule has 1 heterocycles. The molecular formula is C20H20N2O2S2. The second-order valence-electron chi connectivity index (χ2n) is 6.41. The summed E-state index contributed by atoms with van der Waals surface area (Å²) in [5, 5.41) is 2.37. The van der Waals surface area contributed by atoms with Gasteiger partial charge < -0.3 is 5.32 Å². The van der Waals surface area contributed by atoms with Crippen LogP contribution in [0.2, 0.25) is 0 Å². The van der Waals surface area contributed by atoms with Crippen LogP contribution in [0.1, 0.15) is 31.7 Å². The number of hydrogen-bond acceptors (Lipinski definition) is 4. The van der Waals surface area contributed by atoms with E-state index in [1.165, 1.54) is 22.2 Å². The van der Waals surface area contributed by atoms with Crippen LogP contribution in [-0.2, 0) is 9.59 Å². The third-order valence-electron chi connectivity index (χ3n) is 4.19. The Morgan fingerprint density at radius 1 is 1.15 bits per heavy atom. The molecule has 6 heteroatoms. The molecule has 2 amide bonds. The maximum atomic E-state index is 12.6. The highest BCUT2D eigenvalue weighted by Crippen LogP contribution is 2.31. The summed E-state index contributed by atoms with van der Waals surface area (Å²) >= 11 is 6.63. The standard InChI is InChI=1S/C20H20N2O2S2/c1-13(2)14-8-10-15(11-9-14)21-19(24)17-12-18(23)22(20(25)26-17)16-6-4-3-5-7-16/h3-11,13,17H,12H2,1-2H3,(H,21,24). The molecule has 1 fully saturated rings. The molecule has 0 bridgehead atoms. The number of amides is 2. The third kappa shape index (κ3) is 4.14. The maximum absolute atomic E-state index is 12.6. The molecule has 1 saturated heterocycles. The molecule has 0 saturated carbocycles. The minimum Gasteiger partial charge on any atom is -0.325 e. The predicted octanol–water partition coefficient (Wildman–Crippen LogP) is 4.57. The average Bonchev–Trinajstić information content (AvgIpc) is 2.62. The first-order valence-corrected chi connectivity index (χ1v) is 9.74. The lowest BCUT2D eigenvalue weighted by Gasteiger charge is -2.31. The Bertz CT molecular complexity index is 801. The highest BCUT2D eigenvalue weighted by molar-refractivity contribution is 8.24. The third-order valence-corrected chi connectivity index (χ3v) is 5.71. The van der Waals surface area contributed by atoms with E-state index in [0.717, 1.165) is 11.4 Å². The summed E-state index contributed by atoms with van der Waals surface area (Å²) < 4.78 is 0.405. The number of carbonyl (C=O) groups is 2. The smallest absolute Gasteiger partial charge is 0.238 e. The molecule has 1 N–H and O–H groups in total. The van der Waals surface area contributed by atoms with E-state index in [1.54, 1.807) is 0 Å². The van der Waals surface area contributed by atoms with E-state index in [0.29, 0.717) is 10.2 Å². The normalized spacial score (nSPS) is 17.5. The van der Waals surface area contributed by atoms with Crippen molar-refractivity contribution in [2.75, 3.05) is 10.2 Å². The largest absolute Gasteiger partial charge is 0.325 e. The number of thiocarbonyl (C=S) groups is 1. The summed E-state index contributed by atoms with van der Waals surface area (Å²) in [6, 6.07) is 17.0. The minimum atomic E-state index is -0.514. The van der Waals surface area contributed by atoms with Gasteiger partial charge in [0.2, 0.25) is 11.8 Å². The van der Waals surface area contributed by atoms with Crippen LogP contribution in [0.5, 0.6) is 0 Å². The van der Waals surface area contributed by atoms with Crippen molar-refractivity contribution in [2.45, 2.75) is 31.4 Å². The van der Waals surface area contributed by atoms with Gasteiger partial charge in [-0.05, 0) is 35.7 Å². The first-order valence-electron chi connectivity index (χ1n) is 8.45. The molecule has 2 aromatic rings. The Hall–Kier alpha value is -2.18. The molecular weight excluding hydrogens is 364 g/mol. The van der Waals surface area contributed by atoms with Crippen LogP contribution >= 0.6 is 24.0 Å². The van der Waals surface area contributed by atoms with Gasteiger partial charge >= 0.3 is 0 Å². The SMILES string of the molecule is CC(C)c1ccc(NC(=O)C2CC(=O)N(c3ccccc3)C(=S)S2)cc1. The van der Waals surface area contributed by atoms with E-state index in [2.05, 4.69) is 19.2 Å². The van der Waals surface area contributed by atoms with Gasteiger partial charge in [0.1, 0.15) is 4.32 Å². The van der Waals surface area contributed by atoms with E-state index in [1.807, 2.05) is 54.6 Å². The number of carbonyl (C=O) groups excluding carboxylic acids is 2. The van der Waals surface area contributed by atoms with Gasteiger partial charge in [-0.1, -0.05) is 68.2 Å². The van der Waals surface area contributed by atoms with Gasteiger partial charge in [-0.25, -0.2) is 0 Å². The van der Waals surface area contributed by atoms with Crippen LogP contribution in [0.4, 0.5) is 11.4 Å². The second kappa shape index (κ2) is 8.01. The van der Waals surface area contributed by atoms with Crippen molar-refractivity contribution in [2.24, 2.45) is 0 Å². The maximum Gasteiger partial charge on any atom is 0.238 e. The first-order chi connectivity index (χ1) is 12.5. The van der Waals surface area contributed by atoms with Crippen LogP contribution in [0, 0.1) is 0 Å². The van der Waals surface area contributed by atoms with Crippen molar-refractivity contribution in [3.63, 3.8) is 0 Å². The average molecular weight is 385 g/mol. The zero-order chi connectivity index (χ0) is 18.7. The quantitative estimate of drug-likeness (QED) is 0.785. The number of benzene rings is 2. The molecule has 134 valence electrons. The Morgan fingerprint density at radius 3 is 2.38 bits per heavy atom. The van der Waals surface area contributed by atoms with Gasteiger partial charge in [-0.15, -0.1) is 0 Å². The number of anilines is 2. The van der Waals surface area contributed by atoms with Gasteiger partial charge in [0.25, 0.3) is 0 Å². The molecule has 1 aliphatic rings. The molecule has 0 radical (unpaired) electrons. The topological polar surface area (TPSA) is 49.4 Å². The summed E-state index contributed by atoms with van der Waals surface area (Å²) in [7, 11) is 0. The lowest BCUT2D eigenvalue weighted by atomic mass is 10.0. The number of nitrogens with one attached hydrogen (secondary N) is 1. The highest BCUT2D eigenvalue weighted by Gasteiger charge is 2.35. The number of para-hydroxylation sites is 1. The number of rotatable bonds is 4. The molecule has 0 aromatic heterocycles. The first kappa shape index (κ1) is 18.6. The lowest BCUT2D eigenvalue weighted by molar-refractivity contribution is -0.121. The number of nitrogens with zero attached hydrogens (tertiary/aromatic N) is 1. The molecule has 1 unspecified atom stereocenters. The fourth-order valence-electron chi connectivity index (χ4n) is 2.71. The molecule has 0 spiro atoms. The van der Waals surface area contributed by atoms with Crippen molar-refractivity contribution in [1.82, 2.24) is 0 Å². The van der Waals surface area contributed by atoms with Crippen LogP contribution in [0.15, 0.2) is 54.6 Å². The second-order valence-corrected chi connectivity index (χ2v) is 8.24. The van der Waals surface area contributed by atoms with Crippen LogP contribution < -0.4 is 10.2 Å². The van der Waals surface area contributed by atoms with Crippen LogP contribution in [-0.4, -0.2) is 21.4 Å². The summed E-state index contributed by atoms with van der Waals surface area (Å²) in [5.74, 6) is 0.0820. The molecule has 1 atom stereocenters. The molecule has 26 heavy (non-hydrogen) atoms. The molecule has 4 nitrogen and oxygen atoms in total. The Morgan fingerprint density at radius 2 is 1.81 bits per heavy atom. The molecule has 1 aliphatic heterocycles. The summed E-state index contributed by atoms with van der Waals surface area (Å²) in [6.45, 7) is 4.24. The van der Waals surface area contributed by atoms with E-state index in [4.69, 9.17) is 12.2 Å². The predicted molar refractivity (Wildman–Crippen MR) is 112 cm³/mol. The van der Waals surface area contributed by atoms with Crippen molar-refractivity contribution in [3.05, 3.63) is 60.2 Å². The summed E-state index contributed by atoms with van der Waals surface area (Å²) in [6.07, 6.45) is 0.121. The zero-order valence-electron chi connectivity index (χ0n) is 14.6. The van der Waals surface area contributed by atoms with Gasteiger partial charge in [0, 0.05) is 12.1 Å². The van der Waals surface area contributed by atoms with E-state index < -0.39 is 5.25 Å². The Balaban J connectivity index is 1.66. The van der Waals surface area contributed by atoms with Gasteiger partial charge in [-0.3, -0.25) is 14.5 Å². The monoisotopic (exact) mass is 384 g/mol. The number of hydrogen-bond donors (Lipinski definition) is 1. The van der Waals surface area contributed by atoms with Crippen molar-refractivity contribution < 1.29 is 9.59 Å². The van der Waals surface area contributed by atoms with Crippen LogP contribution in [0.3, 0.4) is 0 Å². The van der Waals surface area contributed by atoms with Gasteiger partial charge in [0.05, 0.1) is 10.9 Å². The fraction of sp³-hybridized carbons (Fsp3) is 0.250. The highest BCUT2D eigenvalue weighted by atomic mass is 32.2. The van der Waals surface area contributed by atoms with E-state index >= 15 is 0 Å². The van der Waals surface area contributed by atoms with E-state index in [9.17, 15) is 9.59 Å². The van der Waals surface area contributed by atoms with Gasteiger partial charge in [0.15, 0.2) is 0 Å². The molecule has 3 rings (SSSR count). The van der Waals surface area contributed by atoms with Gasteiger partial charge in [-0.2, -0.15) is 0 Å². The molecule has 0 aliphatic carbocycles. The van der Waals surface area contributed by atoms with Crippen molar-refractivity contribution in [1.29, 1.82) is 0 Å². The van der Waals surface area contributed by atoms with Crippen LogP contribution in [0.25, 0.3) is 0 Å². The lowest BCUT2D eigenvalue weighted by Crippen LogP contribution is -2.44. The number of thioether (sulfide) groups is 1.